The number of hydrogen-bond donors (Lipinski definition) is 1. The van der Waals surface area contributed by atoms with E-state index in [1.54, 1.807) is 0 Å². The first-order valence-corrected chi connectivity index (χ1v) is 6.57. The van der Waals surface area contributed by atoms with E-state index in [4.69, 9.17) is 10.5 Å². The number of carbonyl (C=O) groups excluding carboxylic acids is 1. The van der Waals surface area contributed by atoms with E-state index in [2.05, 4.69) is 6.08 Å². The van der Waals surface area contributed by atoms with Crippen LogP contribution in [-0.2, 0) is 10.5 Å². The van der Waals surface area contributed by atoms with Gasteiger partial charge in [0.15, 0.2) is 6.61 Å². The minimum Gasteiger partial charge on any atom is -0.484 e. The van der Waals surface area contributed by atoms with E-state index in [-0.39, 0.29) is 6.61 Å². The molecule has 1 aromatic carbocycles. The maximum Gasteiger partial charge on any atom is 0.255 e. The highest BCUT2D eigenvalue weighted by molar-refractivity contribution is 7.98. The second-order valence-corrected chi connectivity index (χ2v) is 4.52. The van der Waals surface area contributed by atoms with Crippen LogP contribution in [-0.4, -0.2) is 18.3 Å². The second kappa shape index (κ2) is 7.79. The van der Waals surface area contributed by atoms with Gasteiger partial charge in [-0.15, -0.1) is 0 Å². The van der Waals surface area contributed by atoms with Gasteiger partial charge in [0.05, 0.1) is 0 Å². The lowest BCUT2D eigenvalue weighted by Gasteiger charge is -2.05. The van der Waals surface area contributed by atoms with E-state index in [9.17, 15) is 4.79 Å². The molecule has 0 heterocycles. The fraction of sp³-hybridized carbons (Fsp3) is 0.308. The molecule has 1 aromatic rings. The Hall–Kier alpha value is -1.42. The molecule has 3 nitrogen and oxygen atoms in total. The Morgan fingerprint density at radius 1 is 1.53 bits per heavy atom. The van der Waals surface area contributed by atoms with Crippen molar-refractivity contribution in [2.75, 3.05) is 12.4 Å². The molecule has 0 aliphatic rings. The van der Waals surface area contributed by atoms with Crippen LogP contribution in [0.1, 0.15) is 12.5 Å². The van der Waals surface area contributed by atoms with Crippen LogP contribution in [0.25, 0.3) is 0 Å². The van der Waals surface area contributed by atoms with Crippen LogP contribution < -0.4 is 10.5 Å². The van der Waals surface area contributed by atoms with Crippen LogP contribution in [0.15, 0.2) is 36.4 Å². The predicted molar refractivity (Wildman–Crippen MR) is 72.1 cm³/mol. The molecule has 92 valence electrons. The summed E-state index contributed by atoms with van der Waals surface area (Å²) in [5.74, 6) is 2.16. The molecule has 0 saturated heterocycles. The molecule has 0 bridgehead atoms. The first-order chi connectivity index (χ1) is 8.22. The third-order valence-electron chi connectivity index (χ3n) is 2.00. The fourth-order valence-corrected chi connectivity index (χ4v) is 2.08. The lowest BCUT2D eigenvalue weighted by atomic mass is 10.2. The standard InChI is InChI=1S/C13H17NO2S/c1-2-3-7-17-10-11-5-4-6-12(8-11)16-9-13(14)15/h2-6,8H,7,9-10H2,1H3,(H2,14,15)/b3-2-. The quantitative estimate of drug-likeness (QED) is 0.598. The van der Waals surface area contributed by atoms with Crippen molar-refractivity contribution < 1.29 is 9.53 Å². The van der Waals surface area contributed by atoms with E-state index < -0.39 is 5.91 Å². The number of rotatable bonds is 7. The van der Waals surface area contributed by atoms with Gasteiger partial charge in [-0.05, 0) is 24.6 Å². The summed E-state index contributed by atoms with van der Waals surface area (Å²) in [6, 6.07) is 7.72. The van der Waals surface area contributed by atoms with Crippen LogP contribution in [0.2, 0.25) is 0 Å². The molecule has 0 saturated carbocycles. The molecule has 0 aliphatic carbocycles. The summed E-state index contributed by atoms with van der Waals surface area (Å²) in [4.78, 5) is 10.6. The molecule has 2 N–H and O–H groups in total. The van der Waals surface area contributed by atoms with Gasteiger partial charge in [0.1, 0.15) is 5.75 Å². The Labute approximate surface area is 106 Å². The smallest absolute Gasteiger partial charge is 0.255 e. The summed E-state index contributed by atoms with van der Waals surface area (Å²) >= 11 is 1.83. The maximum atomic E-state index is 10.6. The monoisotopic (exact) mass is 251 g/mol. The molecule has 0 aliphatic heterocycles. The maximum absolute atomic E-state index is 10.6. The molecule has 1 rings (SSSR count). The number of amides is 1. The largest absolute Gasteiger partial charge is 0.484 e. The SMILES string of the molecule is C/C=C\CSCc1cccc(OCC(N)=O)c1. The van der Waals surface area contributed by atoms with Gasteiger partial charge in [0.25, 0.3) is 5.91 Å². The van der Waals surface area contributed by atoms with Gasteiger partial charge < -0.3 is 10.5 Å². The number of allylic oxidation sites excluding steroid dienone is 1. The normalized spacial score (nSPS) is 10.6. The minimum absolute atomic E-state index is 0.0742. The summed E-state index contributed by atoms with van der Waals surface area (Å²) in [7, 11) is 0. The predicted octanol–water partition coefficient (Wildman–Crippen LogP) is 2.36. The van der Waals surface area contributed by atoms with Gasteiger partial charge in [-0.2, -0.15) is 11.8 Å². The first-order valence-electron chi connectivity index (χ1n) is 5.41. The first kappa shape index (κ1) is 13.6. The van der Waals surface area contributed by atoms with Gasteiger partial charge in [0, 0.05) is 11.5 Å². The van der Waals surface area contributed by atoms with E-state index >= 15 is 0 Å². The van der Waals surface area contributed by atoms with Gasteiger partial charge in [0.2, 0.25) is 0 Å². The number of benzene rings is 1. The molecular formula is C13H17NO2S. The molecular weight excluding hydrogens is 234 g/mol. The summed E-state index contributed by atoms with van der Waals surface area (Å²) in [5.41, 5.74) is 6.20. The number of primary amides is 1. The zero-order chi connectivity index (χ0) is 12.5. The number of thioether (sulfide) groups is 1. The van der Waals surface area contributed by atoms with Gasteiger partial charge in [-0.3, -0.25) is 4.79 Å². The average Bonchev–Trinajstić information content (AvgIpc) is 2.33. The summed E-state index contributed by atoms with van der Waals surface area (Å²) < 4.78 is 5.24. The lowest BCUT2D eigenvalue weighted by Crippen LogP contribution is -2.20. The Balaban J connectivity index is 2.44. The number of nitrogens with two attached hydrogens (primary N) is 1. The van der Waals surface area contributed by atoms with Gasteiger partial charge >= 0.3 is 0 Å². The molecule has 0 fully saturated rings. The fourth-order valence-electron chi connectivity index (χ4n) is 1.22. The third-order valence-corrected chi connectivity index (χ3v) is 2.96. The summed E-state index contributed by atoms with van der Waals surface area (Å²) in [6.45, 7) is 1.94. The topological polar surface area (TPSA) is 52.3 Å². The number of hydrogen-bond acceptors (Lipinski definition) is 3. The highest BCUT2D eigenvalue weighted by atomic mass is 32.2. The van der Waals surface area contributed by atoms with Crippen molar-refractivity contribution in [2.24, 2.45) is 5.73 Å². The van der Waals surface area contributed by atoms with Crippen LogP contribution >= 0.6 is 11.8 Å². The zero-order valence-electron chi connectivity index (χ0n) is 9.89. The van der Waals surface area contributed by atoms with Crippen LogP contribution in [0, 0.1) is 0 Å². The third kappa shape index (κ3) is 6.02. The average molecular weight is 251 g/mol. The Bertz CT molecular complexity index is 391. The second-order valence-electron chi connectivity index (χ2n) is 3.49. The molecule has 0 aromatic heterocycles. The molecule has 0 spiro atoms. The highest BCUT2D eigenvalue weighted by Crippen LogP contribution is 2.18. The Kier molecular flexibility index (Phi) is 6.25. The number of ether oxygens (including phenoxy) is 1. The van der Waals surface area contributed by atoms with E-state index in [1.165, 1.54) is 5.56 Å². The van der Waals surface area contributed by atoms with E-state index in [0.29, 0.717) is 5.75 Å². The van der Waals surface area contributed by atoms with Crippen LogP contribution in [0.4, 0.5) is 0 Å². The Morgan fingerprint density at radius 2 is 2.35 bits per heavy atom. The summed E-state index contributed by atoms with van der Waals surface area (Å²) in [5, 5.41) is 0. The van der Waals surface area contributed by atoms with E-state index in [1.807, 2.05) is 49.0 Å². The minimum atomic E-state index is -0.460. The van der Waals surface area contributed by atoms with Crippen molar-refractivity contribution in [1.29, 1.82) is 0 Å². The van der Waals surface area contributed by atoms with Gasteiger partial charge in [-0.1, -0.05) is 24.3 Å². The molecule has 0 unspecified atom stereocenters. The number of carbonyl (C=O) groups is 1. The molecule has 0 radical (unpaired) electrons. The molecule has 4 heteroatoms. The molecule has 1 amide bonds. The molecule has 17 heavy (non-hydrogen) atoms. The zero-order valence-corrected chi connectivity index (χ0v) is 10.7. The lowest BCUT2D eigenvalue weighted by molar-refractivity contribution is -0.119. The molecule has 0 atom stereocenters. The van der Waals surface area contributed by atoms with Crippen molar-refractivity contribution in [1.82, 2.24) is 0 Å². The van der Waals surface area contributed by atoms with Crippen molar-refractivity contribution in [3.63, 3.8) is 0 Å². The van der Waals surface area contributed by atoms with Crippen molar-refractivity contribution in [2.45, 2.75) is 12.7 Å². The van der Waals surface area contributed by atoms with Crippen molar-refractivity contribution in [3.05, 3.63) is 42.0 Å². The summed E-state index contributed by atoms with van der Waals surface area (Å²) in [6.07, 6.45) is 4.16. The highest BCUT2D eigenvalue weighted by Gasteiger charge is 1.99. The van der Waals surface area contributed by atoms with Crippen LogP contribution in [0.3, 0.4) is 0 Å². The Morgan fingerprint density at radius 3 is 3.06 bits per heavy atom. The van der Waals surface area contributed by atoms with Crippen LogP contribution in [0.5, 0.6) is 5.75 Å². The van der Waals surface area contributed by atoms with Crippen molar-refractivity contribution in [3.8, 4) is 5.75 Å². The van der Waals surface area contributed by atoms with Crippen molar-refractivity contribution >= 4 is 17.7 Å². The van der Waals surface area contributed by atoms with Gasteiger partial charge in [-0.25, -0.2) is 0 Å². The van der Waals surface area contributed by atoms with E-state index in [0.717, 1.165) is 11.5 Å².